The van der Waals surface area contributed by atoms with Crippen LogP contribution in [-0.4, -0.2) is 51.1 Å². The van der Waals surface area contributed by atoms with Crippen molar-refractivity contribution in [2.45, 2.75) is 12.5 Å². The molecule has 3 rings (SSSR count). The number of fused-ring (bicyclic) bond motifs is 1. The van der Waals surface area contributed by atoms with Gasteiger partial charge in [-0.15, -0.1) is 0 Å². The van der Waals surface area contributed by atoms with Crippen molar-refractivity contribution >= 4 is 0 Å². The van der Waals surface area contributed by atoms with Crippen LogP contribution in [0.15, 0.2) is 18.2 Å². The van der Waals surface area contributed by atoms with Gasteiger partial charge >= 0.3 is 0 Å². The predicted molar refractivity (Wildman–Crippen MR) is 79.4 cm³/mol. The van der Waals surface area contributed by atoms with Gasteiger partial charge < -0.3 is 19.9 Å². The molecule has 6 nitrogen and oxygen atoms in total. The standard InChI is InChI=1S/C15H23N3O3/c16-11-13(17-18-4-8-19-9-5-18)12-2-3-14-15(10-12)21-7-1-6-20-14/h2-3,10,13,17H,1,4-9,11,16H2. The third-order valence-electron chi connectivity index (χ3n) is 3.76. The molecule has 0 bridgehead atoms. The molecule has 1 saturated heterocycles. The van der Waals surface area contributed by atoms with Crippen molar-refractivity contribution in [2.75, 3.05) is 46.1 Å². The highest BCUT2D eigenvalue weighted by molar-refractivity contribution is 5.44. The van der Waals surface area contributed by atoms with Crippen molar-refractivity contribution in [3.63, 3.8) is 0 Å². The first-order valence-electron chi connectivity index (χ1n) is 7.55. The lowest BCUT2D eigenvalue weighted by Gasteiger charge is -2.31. The molecule has 0 spiro atoms. The lowest BCUT2D eigenvalue weighted by molar-refractivity contribution is 0.00403. The Balaban J connectivity index is 1.72. The summed E-state index contributed by atoms with van der Waals surface area (Å²) in [5.41, 5.74) is 10.5. The lowest BCUT2D eigenvalue weighted by atomic mass is 10.1. The summed E-state index contributed by atoms with van der Waals surface area (Å²) in [6.45, 7) is 5.19. The van der Waals surface area contributed by atoms with E-state index in [1.54, 1.807) is 0 Å². The van der Waals surface area contributed by atoms with Gasteiger partial charge in [-0.2, -0.15) is 0 Å². The number of hydrogen-bond donors (Lipinski definition) is 2. The van der Waals surface area contributed by atoms with E-state index in [4.69, 9.17) is 19.9 Å². The SMILES string of the molecule is NCC(NN1CCOCC1)c1ccc2c(c1)OCCCO2. The molecule has 0 aromatic heterocycles. The number of nitrogens with one attached hydrogen (secondary N) is 1. The molecule has 21 heavy (non-hydrogen) atoms. The fraction of sp³-hybridized carbons (Fsp3) is 0.600. The maximum absolute atomic E-state index is 5.94. The van der Waals surface area contributed by atoms with Gasteiger partial charge in [-0.1, -0.05) is 6.07 Å². The Morgan fingerprint density at radius 1 is 1.10 bits per heavy atom. The highest BCUT2D eigenvalue weighted by Gasteiger charge is 2.19. The summed E-state index contributed by atoms with van der Waals surface area (Å²) >= 11 is 0. The molecule has 0 aliphatic carbocycles. The van der Waals surface area contributed by atoms with Crippen molar-refractivity contribution in [1.29, 1.82) is 0 Å². The zero-order valence-corrected chi connectivity index (χ0v) is 12.2. The van der Waals surface area contributed by atoms with Crippen LogP contribution in [0.25, 0.3) is 0 Å². The van der Waals surface area contributed by atoms with Crippen molar-refractivity contribution in [3.8, 4) is 11.5 Å². The minimum atomic E-state index is 0.0697. The van der Waals surface area contributed by atoms with Gasteiger partial charge in [0.15, 0.2) is 11.5 Å². The number of ether oxygens (including phenoxy) is 3. The number of nitrogens with zero attached hydrogens (tertiary/aromatic N) is 1. The molecule has 1 aromatic rings. The number of rotatable bonds is 4. The van der Waals surface area contributed by atoms with Gasteiger partial charge in [0, 0.05) is 26.1 Å². The molecular weight excluding hydrogens is 270 g/mol. The summed E-state index contributed by atoms with van der Waals surface area (Å²) in [4.78, 5) is 0. The van der Waals surface area contributed by atoms with Crippen LogP contribution in [0.3, 0.4) is 0 Å². The molecule has 0 amide bonds. The molecule has 0 saturated carbocycles. The molecular formula is C15H23N3O3. The minimum Gasteiger partial charge on any atom is -0.490 e. The van der Waals surface area contributed by atoms with E-state index in [0.717, 1.165) is 49.8 Å². The van der Waals surface area contributed by atoms with E-state index >= 15 is 0 Å². The Bertz CT molecular complexity index is 463. The van der Waals surface area contributed by atoms with E-state index in [1.807, 2.05) is 12.1 Å². The van der Waals surface area contributed by atoms with Gasteiger partial charge in [-0.3, -0.25) is 0 Å². The van der Waals surface area contributed by atoms with Crippen LogP contribution >= 0.6 is 0 Å². The van der Waals surface area contributed by atoms with E-state index in [2.05, 4.69) is 16.5 Å². The molecule has 3 N–H and O–H groups in total. The predicted octanol–water partition coefficient (Wildman–Crippen LogP) is 0.684. The Morgan fingerprint density at radius 2 is 1.86 bits per heavy atom. The van der Waals surface area contributed by atoms with Crippen LogP contribution in [0.4, 0.5) is 0 Å². The highest BCUT2D eigenvalue weighted by atomic mass is 16.5. The van der Waals surface area contributed by atoms with E-state index < -0.39 is 0 Å². The van der Waals surface area contributed by atoms with E-state index in [-0.39, 0.29) is 6.04 Å². The van der Waals surface area contributed by atoms with Gasteiger partial charge in [-0.25, -0.2) is 10.4 Å². The molecule has 1 atom stereocenters. The molecule has 2 heterocycles. The molecule has 1 unspecified atom stereocenters. The van der Waals surface area contributed by atoms with Crippen molar-refractivity contribution in [3.05, 3.63) is 23.8 Å². The molecule has 0 radical (unpaired) electrons. The number of hydrogen-bond acceptors (Lipinski definition) is 6. The maximum Gasteiger partial charge on any atom is 0.161 e. The first-order chi connectivity index (χ1) is 10.4. The lowest BCUT2D eigenvalue weighted by Crippen LogP contribution is -2.48. The summed E-state index contributed by atoms with van der Waals surface area (Å²) < 4.78 is 16.8. The average molecular weight is 293 g/mol. The quantitative estimate of drug-likeness (QED) is 0.851. The van der Waals surface area contributed by atoms with Crippen molar-refractivity contribution < 1.29 is 14.2 Å². The van der Waals surface area contributed by atoms with Gasteiger partial charge in [0.1, 0.15) is 0 Å². The van der Waals surface area contributed by atoms with Gasteiger partial charge in [-0.05, 0) is 17.7 Å². The Labute approximate surface area is 125 Å². The maximum atomic E-state index is 5.94. The van der Waals surface area contributed by atoms with Crippen LogP contribution < -0.4 is 20.6 Å². The Morgan fingerprint density at radius 3 is 2.62 bits per heavy atom. The van der Waals surface area contributed by atoms with Crippen molar-refractivity contribution in [1.82, 2.24) is 10.4 Å². The molecule has 116 valence electrons. The van der Waals surface area contributed by atoms with E-state index in [1.165, 1.54) is 0 Å². The first-order valence-corrected chi connectivity index (χ1v) is 7.55. The number of benzene rings is 1. The Kier molecular flexibility index (Phi) is 4.92. The third kappa shape index (κ3) is 3.65. The summed E-state index contributed by atoms with van der Waals surface area (Å²) in [5, 5.41) is 2.17. The molecule has 2 aliphatic heterocycles. The second kappa shape index (κ2) is 7.09. The topological polar surface area (TPSA) is 69.0 Å². The van der Waals surface area contributed by atoms with E-state index in [9.17, 15) is 0 Å². The second-order valence-electron chi connectivity index (χ2n) is 5.27. The fourth-order valence-electron chi connectivity index (χ4n) is 2.57. The number of hydrazine groups is 1. The summed E-state index contributed by atoms with van der Waals surface area (Å²) in [7, 11) is 0. The van der Waals surface area contributed by atoms with Gasteiger partial charge in [0.2, 0.25) is 0 Å². The second-order valence-corrected chi connectivity index (χ2v) is 5.27. The fourth-order valence-corrected chi connectivity index (χ4v) is 2.57. The minimum absolute atomic E-state index is 0.0697. The highest BCUT2D eigenvalue weighted by Crippen LogP contribution is 2.32. The van der Waals surface area contributed by atoms with E-state index in [0.29, 0.717) is 19.8 Å². The third-order valence-corrected chi connectivity index (χ3v) is 3.76. The van der Waals surface area contributed by atoms with Crippen LogP contribution in [-0.2, 0) is 4.74 Å². The summed E-state index contributed by atoms with van der Waals surface area (Å²) in [5.74, 6) is 1.63. The van der Waals surface area contributed by atoms with Crippen LogP contribution in [0.2, 0.25) is 0 Å². The summed E-state index contributed by atoms with van der Waals surface area (Å²) in [6.07, 6.45) is 0.913. The summed E-state index contributed by atoms with van der Waals surface area (Å²) in [6, 6.07) is 6.13. The van der Waals surface area contributed by atoms with Crippen LogP contribution in [0.1, 0.15) is 18.0 Å². The van der Waals surface area contributed by atoms with Gasteiger partial charge in [0.25, 0.3) is 0 Å². The van der Waals surface area contributed by atoms with Crippen LogP contribution in [0, 0.1) is 0 Å². The molecule has 1 aromatic carbocycles. The van der Waals surface area contributed by atoms with Crippen LogP contribution in [0.5, 0.6) is 11.5 Å². The zero-order valence-electron chi connectivity index (χ0n) is 12.2. The smallest absolute Gasteiger partial charge is 0.161 e. The monoisotopic (exact) mass is 293 g/mol. The Hall–Kier alpha value is -1.34. The molecule has 6 heteroatoms. The average Bonchev–Trinajstić information content (AvgIpc) is 2.78. The zero-order chi connectivity index (χ0) is 14.5. The number of morpholine rings is 1. The molecule has 1 fully saturated rings. The van der Waals surface area contributed by atoms with Gasteiger partial charge in [0.05, 0.1) is 32.5 Å². The largest absolute Gasteiger partial charge is 0.490 e. The van der Waals surface area contributed by atoms with Crippen molar-refractivity contribution in [2.24, 2.45) is 5.73 Å². The normalized spacial score (nSPS) is 20.8. The first kappa shape index (κ1) is 14.6. The molecule has 2 aliphatic rings. The number of nitrogens with two attached hydrogens (primary N) is 1.